The molecule has 1 heterocycles. The quantitative estimate of drug-likeness (QED) is 0.469. The lowest BCUT2D eigenvalue weighted by atomic mass is 10.1. The SMILES string of the molecule is CN=C(NCc1cc(C)ccc1OC(F)F)NCC1CCN(CCc2ccccc2)C1. The summed E-state index contributed by atoms with van der Waals surface area (Å²) < 4.78 is 30.0. The second kappa shape index (κ2) is 11.6. The summed E-state index contributed by atoms with van der Waals surface area (Å²) in [7, 11) is 1.71. The van der Waals surface area contributed by atoms with Crippen LogP contribution in [0.2, 0.25) is 0 Å². The van der Waals surface area contributed by atoms with Crippen LogP contribution in [0.1, 0.15) is 23.1 Å². The number of alkyl halides is 2. The van der Waals surface area contributed by atoms with Gasteiger partial charge in [-0.05, 0) is 43.9 Å². The Kier molecular flexibility index (Phi) is 8.64. The zero-order chi connectivity index (χ0) is 22.1. The van der Waals surface area contributed by atoms with Crippen LogP contribution in [-0.2, 0) is 13.0 Å². The maximum absolute atomic E-state index is 12.7. The van der Waals surface area contributed by atoms with E-state index >= 15 is 0 Å². The fourth-order valence-corrected chi connectivity index (χ4v) is 3.91. The Bertz CT molecular complexity index is 845. The van der Waals surface area contributed by atoms with Crippen LogP contribution in [0, 0.1) is 12.8 Å². The number of hydrogen-bond donors (Lipinski definition) is 2. The van der Waals surface area contributed by atoms with Crippen molar-refractivity contribution in [1.82, 2.24) is 15.5 Å². The van der Waals surface area contributed by atoms with Gasteiger partial charge in [0, 0.05) is 38.8 Å². The average Bonchev–Trinajstić information content (AvgIpc) is 3.22. The number of rotatable bonds is 9. The minimum atomic E-state index is -2.84. The number of nitrogens with zero attached hydrogens (tertiary/aromatic N) is 2. The number of benzene rings is 2. The molecule has 3 rings (SSSR count). The molecule has 0 bridgehead atoms. The van der Waals surface area contributed by atoms with Gasteiger partial charge in [0.25, 0.3) is 0 Å². The number of aliphatic imine (C=N–C) groups is 1. The van der Waals surface area contributed by atoms with Crippen molar-refractivity contribution in [3.8, 4) is 5.75 Å². The van der Waals surface area contributed by atoms with Gasteiger partial charge in [-0.1, -0.05) is 48.0 Å². The Morgan fingerprint density at radius 2 is 2.00 bits per heavy atom. The number of guanidine groups is 1. The zero-order valence-electron chi connectivity index (χ0n) is 18.3. The first-order valence-corrected chi connectivity index (χ1v) is 10.8. The topological polar surface area (TPSA) is 48.9 Å². The Morgan fingerprint density at radius 1 is 1.19 bits per heavy atom. The van der Waals surface area contributed by atoms with E-state index in [1.165, 1.54) is 5.56 Å². The van der Waals surface area contributed by atoms with Crippen molar-refractivity contribution in [3.63, 3.8) is 0 Å². The van der Waals surface area contributed by atoms with E-state index in [4.69, 9.17) is 0 Å². The van der Waals surface area contributed by atoms with Gasteiger partial charge in [-0.15, -0.1) is 0 Å². The predicted octanol–water partition coefficient (Wildman–Crippen LogP) is 3.83. The minimum Gasteiger partial charge on any atom is -0.434 e. The number of likely N-dealkylation sites (tertiary alicyclic amines) is 1. The van der Waals surface area contributed by atoms with Crippen molar-refractivity contribution in [1.29, 1.82) is 0 Å². The zero-order valence-corrected chi connectivity index (χ0v) is 18.3. The molecule has 2 aromatic rings. The lowest BCUT2D eigenvalue weighted by Crippen LogP contribution is -2.40. The van der Waals surface area contributed by atoms with Gasteiger partial charge in [-0.2, -0.15) is 8.78 Å². The molecule has 0 aromatic heterocycles. The summed E-state index contributed by atoms with van der Waals surface area (Å²) in [5, 5.41) is 6.58. The molecule has 0 saturated carbocycles. The van der Waals surface area contributed by atoms with E-state index in [9.17, 15) is 8.78 Å². The third-order valence-corrected chi connectivity index (χ3v) is 5.59. The highest BCUT2D eigenvalue weighted by Crippen LogP contribution is 2.22. The third kappa shape index (κ3) is 7.51. The number of aryl methyl sites for hydroxylation is 1. The van der Waals surface area contributed by atoms with Crippen molar-refractivity contribution in [3.05, 3.63) is 65.2 Å². The van der Waals surface area contributed by atoms with E-state index in [2.05, 4.69) is 49.5 Å². The van der Waals surface area contributed by atoms with E-state index in [-0.39, 0.29) is 5.75 Å². The van der Waals surface area contributed by atoms with Crippen molar-refractivity contribution in [2.45, 2.75) is 32.9 Å². The summed E-state index contributed by atoms with van der Waals surface area (Å²) >= 11 is 0. The van der Waals surface area contributed by atoms with Crippen molar-refractivity contribution in [2.75, 3.05) is 33.2 Å². The van der Waals surface area contributed by atoms with Crippen molar-refractivity contribution >= 4 is 5.96 Å². The normalized spacial score (nSPS) is 17.2. The van der Waals surface area contributed by atoms with E-state index in [1.54, 1.807) is 19.2 Å². The second-order valence-corrected chi connectivity index (χ2v) is 7.99. The fourth-order valence-electron chi connectivity index (χ4n) is 3.91. The summed E-state index contributed by atoms with van der Waals surface area (Å²) in [5.41, 5.74) is 3.04. The first-order valence-electron chi connectivity index (χ1n) is 10.8. The highest BCUT2D eigenvalue weighted by atomic mass is 19.3. The Morgan fingerprint density at radius 3 is 2.74 bits per heavy atom. The largest absolute Gasteiger partial charge is 0.434 e. The van der Waals surface area contributed by atoms with E-state index < -0.39 is 6.61 Å². The maximum Gasteiger partial charge on any atom is 0.387 e. The highest BCUT2D eigenvalue weighted by Gasteiger charge is 2.22. The van der Waals surface area contributed by atoms with Crippen LogP contribution < -0.4 is 15.4 Å². The van der Waals surface area contributed by atoms with Crippen LogP contribution in [0.5, 0.6) is 5.75 Å². The fraction of sp³-hybridized carbons (Fsp3) is 0.458. The highest BCUT2D eigenvalue weighted by molar-refractivity contribution is 5.79. The monoisotopic (exact) mass is 430 g/mol. The number of ether oxygens (including phenoxy) is 1. The van der Waals surface area contributed by atoms with Gasteiger partial charge in [0.15, 0.2) is 5.96 Å². The lowest BCUT2D eigenvalue weighted by molar-refractivity contribution is -0.0504. The predicted molar refractivity (Wildman–Crippen MR) is 121 cm³/mol. The molecule has 0 radical (unpaired) electrons. The number of halogens is 2. The molecule has 2 N–H and O–H groups in total. The van der Waals surface area contributed by atoms with Crippen LogP contribution in [0.3, 0.4) is 0 Å². The van der Waals surface area contributed by atoms with Gasteiger partial charge in [0.2, 0.25) is 0 Å². The molecule has 31 heavy (non-hydrogen) atoms. The van der Waals surface area contributed by atoms with Crippen LogP contribution in [-0.4, -0.2) is 50.7 Å². The molecular weight excluding hydrogens is 398 g/mol. The van der Waals surface area contributed by atoms with Crippen LogP contribution in [0.15, 0.2) is 53.5 Å². The van der Waals surface area contributed by atoms with Gasteiger partial charge in [0.1, 0.15) is 5.75 Å². The van der Waals surface area contributed by atoms with Gasteiger partial charge in [-0.3, -0.25) is 4.99 Å². The van der Waals surface area contributed by atoms with Crippen molar-refractivity contribution in [2.24, 2.45) is 10.9 Å². The Labute approximate surface area is 183 Å². The van der Waals surface area contributed by atoms with Crippen molar-refractivity contribution < 1.29 is 13.5 Å². The average molecular weight is 431 g/mol. The first-order chi connectivity index (χ1) is 15.0. The third-order valence-electron chi connectivity index (χ3n) is 5.59. The summed E-state index contributed by atoms with van der Waals surface area (Å²) in [6, 6.07) is 15.8. The second-order valence-electron chi connectivity index (χ2n) is 7.99. The molecule has 1 atom stereocenters. The molecule has 0 amide bonds. The summed E-state index contributed by atoms with van der Waals surface area (Å²) in [4.78, 5) is 6.77. The molecule has 2 aromatic carbocycles. The maximum atomic E-state index is 12.7. The molecule has 7 heteroatoms. The van der Waals surface area contributed by atoms with Crippen LogP contribution in [0.4, 0.5) is 8.78 Å². The van der Waals surface area contributed by atoms with Gasteiger partial charge < -0.3 is 20.3 Å². The van der Waals surface area contributed by atoms with Gasteiger partial charge in [-0.25, -0.2) is 0 Å². The molecule has 168 valence electrons. The molecular formula is C24H32F2N4O. The minimum absolute atomic E-state index is 0.188. The first kappa shape index (κ1) is 23.0. The standard InChI is InChI=1S/C24H32F2N4O/c1-18-8-9-22(31-23(25)26)21(14-18)16-29-24(27-2)28-15-20-11-13-30(17-20)12-10-19-6-4-3-5-7-19/h3-9,14,20,23H,10-13,15-17H2,1-2H3,(H2,27,28,29). The van der Waals surface area contributed by atoms with E-state index in [1.807, 2.05) is 19.1 Å². The van der Waals surface area contributed by atoms with Gasteiger partial charge in [0.05, 0.1) is 0 Å². The summed E-state index contributed by atoms with van der Waals surface area (Å²) in [6.07, 6.45) is 2.23. The molecule has 1 unspecified atom stereocenters. The molecule has 1 aliphatic rings. The van der Waals surface area contributed by atoms with E-state index in [0.717, 1.165) is 44.6 Å². The smallest absolute Gasteiger partial charge is 0.387 e. The Hall–Kier alpha value is -2.67. The molecule has 0 aliphatic carbocycles. The Balaban J connectivity index is 1.42. The molecule has 1 aliphatic heterocycles. The molecule has 0 spiro atoms. The summed E-state index contributed by atoms with van der Waals surface area (Å²) in [5.74, 6) is 1.41. The lowest BCUT2D eigenvalue weighted by Gasteiger charge is -2.18. The molecule has 1 saturated heterocycles. The molecule has 1 fully saturated rings. The van der Waals surface area contributed by atoms with E-state index in [0.29, 0.717) is 24.0 Å². The van der Waals surface area contributed by atoms with Crippen LogP contribution >= 0.6 is 0 Å². The molecule has 5 nitrogen and oxygen atoms in total. The van der Waals surface area contributed by atoms with Crippen LogP contribution in [0.25, 0.3) is 0 Å². The number of nitrogens with one attached hydrogen (secondary N) is 2. The number of hydrogen-bond acceptors (Lipinski definition) is 3. The summed E-state index contributed by atoms with van der Waals surface area (Å²) in [6.45, 7) is 3.53. The van der Waals surface area contributed by atoms with Gasteiger partial charge >= 0.3 is 6.61 Å².